The molecule has 0 bridgehead atoms. The summed E-state index contributed by atoms with van der Waals surface area (Å²) in [6, 6.07) is 0.301. The van der Waals surface area contributed by atoms with Crippen molar-refractivity contribution in [2.45, 2.75) is 69.3 Å². The number of nitrogens with zero attached hydrogens (tertiary/aromatic N) is 2. The largest absolute Gasteiger partial charge is 0.510 e. The number of fused-ring (bicyclic) bond motifs is 3. The van der Waals surface area contributed by atoms with Gasteiger partial charge in [0.05, 0.1) is 30.9 Å². The van der Waals surface area contributed by atoms with Crippen molar-refractivity contribution in [2.75, 3.05) is 52.1 Å². The van der Waals surface area contributed by atoms with Gasteiger partial charge in [0.15, 0.2) is 11.4 Å². The molecule has 0 saturated heterocycles. The average Bonchev–Trinajstić information content (AvgIpc) is 2.92. The molecule has 48 heavy (non-hydrogen) atoms. The molecule has 1 aromatic rings. The monoisotopic (exact) mass is 677 g/mol. The zero-order valence-electron chi connectivity index (χ0n) is 28.6. The van der Waals surface area contributed by atoms with Crippen LogP contribution < -0.4 is 25.6 Å². The van der Waals surface area contributed by atoms with Crippen molar-refractivity contribution in [3.05, 3.63) is 39.9 Å². The van der Waals surface area contributed by atoms with Crippen LogP contribution in [0, 0.1) is 11.8 Å². The van der Waals surface area contributed by atoms with E-state index in [1.165, 1.54) is 26.1 Å². The first-order chi connectivity index (χ1) is 21.9. The highest BCUT2D eigenvalue weighted by atomic mass is 16.5. The van der Waals surface area contributed by atoms with E-state index >= 15 is 0 Å². The lowest BCUT2D eigenvalue weighted by Gasteiger charge is -2.57. The number of anilines is 2. The summed E-state index contributed by atoms with van der Waals surface area (Å²) in [6.07, 6.45) is -0.234. The molecule has 0 unspecified atom stereocenters. The molecule has 1 aromatic carbocycles. The summed E-state index contributed by atoms with van der Waals surface area (Å²) in [7, 11) is 7.64. The zero-order chi connectivity index (χ0) is 36.5. The third-order valence-corrected chi connectivity index (χ3v) is 9.25. The number of imide groups is 1. The molecule has 3 aliphatic rings. The van der Waals surface area contributed by atoms with Gasteiger partial charge in [0, 0.05) is 43.7 Å². The van der Waals surface area contributed by atoms with E-state index in [1.54, 1.807) is 25.1 Å². The summed E-state index contributed by atoms with van der Waals surface area (Å²) in [4.78, 5) is 40.8. The van der Waals surface area contributed by atoms with E-state index in [0.717, 1.165) is 6.92 Å². The van der Waals surface area contributed by atoms with Crippen molar-refractivity contribution >= 4 is 29.1 Å². The van der Waals surface area contributed by atoms with Crippen molar-refractivity contribution in [3.8, 4) is 5.75 Å². The van der Waals surface area contributed by atoms with Crippen molar-refractivity contribution in [1.29, 1.82) is 0 Å². The van der Waals surface area contributed by atoms with Crippen LogP contribution in [0.4, 0.5) is 11.4 Å². The Morgan fingerprint density at radius 2 is 1.65 bits per heavy atom. The number of amides is 3. The maximum atomic E-state index is 13.1. The molecule has 266 valence electrons. The third kappa shape index (κ3) is 5.80. The van der Waals surface area contributed by atoms with Crippen molar-refractivity contribution in [2.24, 2.45) is 11.8 Å². The highest BCUT2D eigenvalue weighted by Crippen LogP contribution is 2.60. The van der Waals surface area contributed by atoms with Gasteiger partial charge in [-0.1, -0.05) is 0 Å². The van der Waals surface area contributed by atoms with Gasteiger partial charge >= 0.3 is 0 Å². The van der Waals surface area contributed by atoms with Crippen molar-refractivity contribution in [3.63, 3.8) is 0 Å². The molecule has 4 atom stereocenters. The van der Waals surface area contributed by atoms with Gasteiger partial charge in [0.2, 0.25) is 23.4 Å². The minimum atomic E-state index is -3.74. The van der Waals surface area contributed by atoms with E-state index in [0.29, 0.717) is 11.3 Å². The van der Waals surface area contributed by atoms with Crippen molar-refractivity contribution in [1.82, 2.24) is 15.5 Å². The third-order valence-electron chi connectivity index (χ3n) is 9.25. The molecule has 16 nitrogen and oxygen atoms in total. The van der Waals surface area contributed by atoms with Gasteiger partial charge in [-0.2, -0.15) is 0 Å². The number of rotatable bonds is 7. The minimum absolute atomic E-state index is 0.0139. The first-order valence-electron chi connectivity index (χ1n) is 15.4. The van der Waals surface area contributed by atoms with Gasteiger partial charge in [-0.3, -0.25) is 24.6 Å². The Morgan fingerprint density at radius 3 is 2.15 bits per heavy atom. The Bertz CT molecular complexity index is 1590. The number of carbonyl (C=O) groups is 3. The Kier molecular flexibility index (Phi) is 9.48. The van der Waals surface area contributed by atoms with Crippen LogP contribution >= 0.6 is 0 Å². The standard InChI is InChI=1S/C32H47N5O11/c1-14(38)34-28(42)23-25(40)24(37(7)8)17-11-15-10-16-19(36(5)6)12-18(35-20(39)13-33-29(2,3)4)26(48-9)22(16)31(44,45)21(15)27(41)30(17,43)32(23,46)47/h12,15,17,24,33,40-41,43-47H,10-11,13H2,1-9H3,(H,35,39)(H,34,38,42)/t15-,17-,24-,30-/m0/s1. The molecule has 16 heteroatoms. The molecule has 3 aliphatic carbocycles. The van der Waals surface area contributed by atoms with Gasteiger partial charge < -0.3 is 56.0 Å². The van der Waals surface area contributed by atoms with Gasteiger partial charge in [0.1, 0.15) is 17.1 Å². The second-order valence-corrected chi connectivity index (χ2v) is 14.2. The Balaban J connectivity index is 1.98. The number of carbonyl (C=O) groups excluding carboxylic acids is 3. The van der Waals surface area contributed by atoms with E-state index < -0.39 is 75.4 Å². The lowest BCUT2D eigenvalue weighted by Crippen LogP contribution is -2.72. The first-order valence-corrected chi connectivity index (χ1v) is 15.4. The fourth-order valence-corrected chi connectivity index (χ4v) is 7.28. The highest BCUT2D eigenvalue weighted by molar-refractivity contribution is 6.05. The van der Waals surface area contributed by atoms with Crippen LogP contribution in [0.2, 0.25) is 0 Å². The van der Waals surface area contributed by atoms with Crippen LogP contribution in [-0.2, 0) is 26.6 Å². The molecular formula is C32H47N5O11. The molecular weight excluding hydrogens is 630 g/mol. The summed E-state index contributed by atoms with van der Waals surface area (Å²) in [5, 5.41) is 90.0. The molecule has 0 spiro atoms. The van der Waals surface area contributed by atoms with Crippen LogP contribution in [0.1, 0.15) is 45.2 Å². The SMILES string of the molecule is COc1c(NC(=O)CNC(C)(C)C)cc(N(C)C)c2c1C(O)(O)C1=C(O)[C@@]3(O)[C@@H](C[C@@H]1C2)[C@H](N(C)C)C(O)=C(C(=O)NC(C)=O)C3(O)O. The summed E-state index contributed by atoms with van der Waals surface area (Å²) >= 11 is 0. The fraction of sp³-hybridized carbons (Fsp3) is 0.594. The number of likely N-dealkylation sites (N-methyl/N-ethyl adjacent to an activating group) is 1. The maximum Gasteiger partial charge on any atom is 0.262 e. The summed E-state index contributed by atoms with van der Waals surface area (Å²) in [5.41, 5.74) is -4.77. The fourth-order valence-electron chi connectivity index (χ4n) is 7.28. The van der Waals surface area contributed by atoms with E-state index in [-0.39, 0.29) is 41.9 Å². The molecule has 0 fully saturated rings. The summed E-state index contributed by atoms with van der Waals surface area (Å²) < 4.78 is 5.63. The molecule has 3 amide bonds. The zero-order valence-corrected chi connectivity index (χ0v) is 28.6. The topological polar surface area (TPSA) is 245 Å². The van der Waals surface area contributed by atoms with Crippen LogP contribution in [-0.4, -0.2) is 123 Å². The normalized spacial score (nSPS) is 25.9. The van der Waals surface area contributed by atoms with E-state index in [2.05, 4.69) is 10.6 Å². The van der Waals surface area contributed by atoms with Gasteiger partial charge in [-0.15, -0.1) is 0 Å². The molecule has 0 aliphatic heterocycles. The van der Waals surface area contributed by atoms with Crippen LogP contribution in [0.3, 0.4) is 0 Å². The highest BCUT2D eigenvalue weighted by Gasteiger charge is 2.71. The molecule has 0 radical (unpaired) electrons. The second-order valence-electron chi connectivity index (χ2n) is 14.2. The maximum absolute atomic E-state index is 13.1. The van der Waals surface area contributed by atoms with E-state index in [1.807, 2.05) is 26.1 Å². The van der Waals surface area contributed by atoms with Gasteiger partial charge in [-0.25, -0.2) is 0 Å². The predicted molar refractivity (Wildman–Crippen MR) is 173 cm³/mol. The Hall–Kier alpha value is -3.77. The Labute approximate surface area is 278 Å². The first kappa shape index (κ1) is 37.1. The molecule has 10 N–H and O–H groups in total. The molecule has 4 rings (SSSR count). The lowest BCUT2D eigenvalue weighted by molar-refractivity contribution is -0.286. The predicted octanol–water partition coefficient (Wildman–Crippen LogP) is -0.940. The molecule has 0 saturated carbocycles. The number of hydrogen-bond acceptors (Lipinski definition) is 14. The van der Waals surface area contributed by atoms with Crippen molar-refractivity contribution < 1.29 is 54.9 Å². The van der Waals surface area contributed by atoms with Gasteiger partial charge in [0.25, 0.3) is 5.91 Å². The number of methoxy groups -OCH3 is 1. The number of aliphatic hydroxyl groups is 7. The molecule has 0 heterocycles. The van der Waals surface area contributed by atoms with E-state index in [4.69, 9.17) is 4.74 Å². The number of ether oxygens (including phenoxy) is 1. The minimum Gasteiger partial charge on any atom is -0.510 e. The van der Waals surface area contributed by atoms with Crippen LogP contribution in [0.15, 0.2) is 28.7 Å². The smallest absolute Gasteiger partial charge is 0.262 e. The van der Waals surface area contributed by atoms with Crippen LogP contribution in [0.25, 0.3) is 0 Å². The van der Waals surface area contributed by atoms with Gasteiger partial charge in [-0.05, 0) is 65.3 Å². The summed E-state index contributed by atoms with van der Waals surface area (Å²) in [6.45, 7) is 6.52. The number of nitrogens with one attached hydrogen (secondary N) is 3. The lowest BCUT2D eigenvalue weighted by atomic mass is 9.56. The number of hydrogen-bond donors (Lipinski definition) is 10. The quantitative estimate of drug-likeness (QED) is 0.157. The molecule has 0 aromatic heterocycles. The second kappa shape index (κ2) is 12.3. The number of benzene rings is 1. The Morgan fingerprint density at radius 1 is 1.04 bits per heavy atom. The van der Waals surface area contributed by atoms with E-state index in [9.17, 15) is 50.1 Å². The summed E-state index contributed by atoms with van der Waals surface area (Å²) in [5.74, 6) is -14.4. The number of aliphatic hydroxyl groups excluding tert-OH is 2. The van der Waals surface area contributed by atoms with Crippen LogP contribution in [0.5, 0.6) is 5.75 Å². The average molecular weight is 678 g/mol.